The molecule has 3 rings (SSSR count). The SMILES string of the molecule is c1cn(Cc2nc(C3CCCC3)no2)nn1. The Hall–Kier alpha value is -1.72. The van der Waals surface area contributed by atoms with Gasteiger partial charge >= 0.3 is 0 Å². The first kappa shape index (κ1) is 9.50. The summed E-state index contributed by atoms with van der Waals surface area (Å²) in [5.74, 6) is 1.95. The summed E-state index contributed by atoms with van der Waals surface area (Å²) in [7, 11) is 0. The second kappa shape index (κ2) is 4.03. The number of hydrogen-bond acceptors (Lipinski definition) is 5. The lowest BCUT2D eigenvalue weighted by Gasteiger charge is -1.99. The maximum Gasteiger partial charge on any atom is 0.248 e. The van der Waals surface area contributed by atoms with Crippen molar-refractivity contribution >= 4 is 0 Å². The van der Waals surface area contributed by atoms with Gasteiger partial charge in [-0.1, -0.05) is 23.2 Å². The van der Waals surface area contributed by atoms with Crippen molar-refractivity contribution in [3.05, 3.63) is 24.1 Å². The van der Waals surface area contributed by atoms with Crippen molar-refractivity contribution in [3.8, 4) is 0 Å². The van der Waals surface area contributed by atoms with E-state index in [4.69, 9.17) is 4.52 Å². The maximum absolute atomic E-state index is 5.20. The first-order chi connectivity index (χ1) is 7.92. The molecule has 0 amide bonds. The second-order valence-electron chi connectivity index (χ2n) is 4.13. The normalized spacial score (nSPS) is 17.0. The van der Waals surface area contributed by atoms with Crippen molar-refractivity contribution in [1.82, 2.24) is 25.1 Å². The minimum absolute atomic E-state index is 0.494. The second-order valence-corrected chi connectivity index (χ2v) is 4.13. The minimum Gasteiger partial charge on any atom is -0.337 e. The number of hydrogen-bond donors (Lipinski definition) is 0. The molecule has 0 aliphatic heterocycles. The molecular formula is C10H13N5O. The Morgan fingerprint density at radius 1 is 1.38 bits per heavy atom. The number of rotatable bonds is 3. The Bertz CT molecular complexity index is 443. The molecule has 6 nitrogen and oxygen atoms in total. The third-order valence-corrected chi connectivity index (χ3v) is 2.97. The van der Waals surface area contributed by atoms with Gasteiger partial charge in [0.05, 0.1) is 6.20 Å². The van der Waals surface area contributed by atoms with Gasteiger partial charge in [-0.25, -0.2) is 4.68 Å². The largest absolute Gasteiger partial charge is 0.337 e. The van der Waals surface area contributed by atoms with Crippen LogP contribution in [0.1, 0.15) is 43.3 Å². The van der Waals surface area contributed by atoms with E-state index >= 15 is 0 Å². The molecule has 0 atom stereocenters. The Morgan fingerprint density at radius 3 is 3.00 bits per heavy atom. The van der Waals surface area contributed by atoms with Crippen molar-refractivity contribution in [1.29, 1.82) is 0 Å². The van der Waals surface area contributed by atoms with E-state index in [0.29, 0.717) is 18.4 Å². The van der Waals surface area contributed by atoms with Crippen molar-refractivity contribution in [2.24, 2.45) is 0 Å². The fourth-order valence-electron chi connectivity index (χ4n) is 2.14. The molecule has 1 aliphatic carbocycles. The smallest absolute Gasteiger partial charge is 0.248 e. The average Bonchev–Trinajstić information content (AvgIpc) is 2.99. The highest BCUT2D eigenvalue weighted by Gasteiger charge is 2.22. The molecule has 0 spiro atoms. The highest BCUT2D eigenvalue weighted by molar-refractivity contribution is 4.97. The minimum atomic E-state index is 0.494. The van der Waals surface area contributed by atoms with Crippen LogP contribution in [0.15, 0.2) is 16.9 Å². The highest BCUT2D eigenvalue weighted by atomic mass is 16.5. The van der Waals surface area contributed by atoms with Crippen LogP contribution in [0, 0.1) is 0 Å². The summed E-state index contributed by atoms with van der Waals surface area (Å²) in [5.41, 5.74) is 0. The molecular weight excluding hydrogens is 206 g/mol. The van der Waals surface area contributed by atoms with Crippen molar-refractivity contribution in [2.45, 2.75) is 38.1 Å². The first-order valence-corrected chi connectivity index (χ1v) is 5.58. The quantitative estimate of drug-likeness (QED) is 0.779. The maximum atomic E-state index is 5.20. The fraction of sp³-hybridized carbons (Fsp3) is 0.600. The predicted octanol–water partition coefficient (Wildman–Crippen LogP) is 1.37. The summed E-state index contributed by atoms with van der Waals surface area (Å²) < 4.78 is 6.87. The van der Waals surface area contributed by atoms with Crippen LogP contribution in [0.4, 0.5) is 0 Å². The van der Waals surface area contributed by atoms with Gasteiger partial charge in [-0.05, 0) is 12.8 Å². The lowest BCUT2D eigenvalue weighted by Crippen LogP contribution is -2.01. The molecule has 0 aromatic carbocycles. The summed E-state index contributed by atoms with van der Waals surface area (Å²) in [6.45, 7) is 0.500. The van der Waals surface area contributed by atoms with E-state index in [2.05, 4.69) is 20.5 Å². The molecule has 16 heavy (non-hydrogen) atoms. The van der Waals surface area contributed by atoms with E-state index < -0.39 is 0 Å². The zero-order valence-electron chi connectivity index (χ0n) is 8.91. The summed E-state index contributed by atoms with van der Waals surface area (Å²) in [6.07, 6.45) is 8.33. The van der Waals surface area contributed by atoms with Crippen LogP contribution in [0.5, 0.6) is 0 Å². The summed E-state index contributed by atoms with van der Waals surface area (Å²) >= 11 is 0. The van der Waals surface area contributed by atoms with Gasteiger partial charge in [0.1, 0.15) is 6.54 Å². The van der Waals surface area contributed by atoms with Crippen LogP contribution in [0.25, 0.3) is 0 Å². The van der Waals surface area contributed by atoms with Crippen LogP contribution in [0.2, 0.25) is 0 Å². The lowest BCUT2D eigenvalue weighted by atomic mass is 10.1. The van der Waals surface area contributed by atoms with Gasteiger partial charge in [0.2, 0.25) is 5.89 Å². The number of nitrogens with zero attached hydrogens (tertiary/aromatic N) is 5. The standard InChI is InChI=1S/C10H13N5O/c1-2-4-8(3-1)10-12-9(16-13-10)7-15-6-5-11-14-15/h5-6,8H,1-4,7H2. The van der Waals surface area contributed by atoms with Gasteiger partial charge in [0, 0.05) is 12.1 Å². The summed E-state index contributed by atoms with van der Waals surface area (Å²) in [5, 5.41) is 11.6. The van der Waals surface area contributed by atoms with E-state index in [1.54, 1.807) is 17.1 Å². The molecule has 1 fully saturated rings. The van der Waals surface area contributed by atoms with Gasteiger partial charge in [-0.3, -0.25) is 0 Å². The summed E-state index contributed by atoms with van der Waals surface area (Å²) in [6, 6.07) is 0. The van der Waals surface area contributed by atoms with E-state index in [9.17, 15) is 0 Å². The van der Waals surface area contributed by atoms with Crippen molar-refractivity contribution in [3.63, 3.8) is 0 Å². The van der Waals surface area contributed by atoms with Crippen LogP contribution >= 0.6 is 0 Å². The van der Waals surface area contributed by atoms with E-state index in [-0.39, 0.29) is 0 Å². The molecule has 6 heteroatoms. The monoisotopic (exact) mass is 219 g/mol. The van der Waals surface area contributed by atoms with Gasteiger partial charge in [0.25, 0.3) is 0 Å². The highest BCUT2D eigenvalue weighted by Crippen LogP contribution is 2.32. The third-order valence-electron chi connectivity index (χ3n) is 2.97. The van der Waals surface area contributed by atoms with E-state index in [1.807, 2.05) is 0 Å². The Morgan fingerprint density at radius 2 is 2.25 bits per heavy atom. The summed E-state index contributed by atoms with van der Waals surface area (Å²) in [4.78, 5) is 4.40. The molecule has 1 aliphatic rings. The van der Waals surface area contributed by atoms with Gasteiger partial charge in [-0.15, -0.1) is 5.10 Å². The van der Waals surface area contributed by atoms with E-state index in [0.717, 1.165) is 5.82 Å². The third kappa shape index (κ3) is 1.82. The average molecular weight is 219 g/mol. The molecule has 84 valence electrons. The molecule has 0 bridgehead atoms. The van der Waals surface area contributed by atoms with Crippen molar-refractivity contribution < 1.29 is 4.52 Å². The molecule has 0 saturated heterocycles. The van der Waals surface area contributed by atoms with Crippen LogP contribution in [-0.2, 0) is 6.54 Å². The molecule has 0 unspecified atom stereocenters. The predicted molar refractivity (Wildman–Crippen MR) is 54.6 cm³/mol. The zero-order chi connectivity index (χ0) is 10.8. The molecule has 0 radical (unpaired) electrons. The lowest BCUT2D eigenvalue weighted by molar-refractivity contribution is 0.357. The Kier molecular flexibility index (Phi) is 2.40. The molecule has 0 N–H and O–H groups in total. The van der Waals surface area contributed by atoms with E-state index in [1.165, 1.54) is 25.7 Å². The topological polar surface area (TPSA) is 69.6 Å². The van der Waals surface area contributed by atoms with Crippen LogP contribution in [-0.4, -0.2) is 25.1 Å². The Balaban J connectivity index is 1.72. The van der Waals surface area contributed by atoms with Crippen LogP contribution < -0.4 is 0 Å². The van der Waals surface area contributed by atoms with Crippen molar-refractivity contribution in [2.75, 3.05) is 0 Å². The molecule has 2 heterocycles. The number of aromatic nitrogens is 5. The first-order valence-electron chi connectivity index (χ1n) is 5.58. The van der Waals surface area contributed by atoms with Gasteiger partial charge < -0.3 is 4.52 Å². The Labute approximate surface area is 92.7 Å². The zero-order valence-corrected chi connectivity index (χ0v) is 8.91. The fourth-order valence-corrected chi connectivity index (χ4v) is 2.14. The van der Waals surface area contributed by atoms with Crippen LogP contribution in [0.3, 0.4) is 0 Å². The molecule has 2 aromatic rings. The molecule has 2 aromatic heterocycles. The van der Waals surface area contributed by atoms with Gasteiger partial charge in [0.15, 0.2) is 5.82 Å². The van der Waals surface area contributed by atoms with Gasteiger partial charge in [-0.2, -0.15) is 4.98 Å². The molecule has 1 saturated carbocycles.